The van der Waals surface area contributed by atoms with Crippen molar-refractivity contribution in [2.24, 2.45) is 5.92 Å². The van der Waals surface area contributed by atoms with Gasteiger partial charge in [0, 0.05) is 5.69 Å². The Kier molecular flexibility index (Phi) is 5.65. The van der Waals surface area contributed by atoms with Crippen LogP contribution in [0.15, 0.2) is 24.3 Å². The average molecular weight is 250 g/mol. The molecule has 4 nitrogen and oxygen atoms in total. The first-order chi connectivity index (χ1) is 8.47. The van der Waals surface area contributed by atoms with Crippen molar-refractivity contribution in [1.82, 2.24) is 4.90 Å². The summed E-state index contributed by atoms with van der Waals surface area (Å²) >= 11 is 0. The molecule has 0 aliphatic carbocycles. The Bertz CT molecular complexity index is 372. The van der Waals surface area contributed by atoms with E-state index in [1.54, 1.807) is 0 Å². The van der Waals surface area contributed by atoms with Gasteiger partial charge in [-0.05, 0) is 44.3 Å². The molecule has 0 saturated heterocycles. The lowest BCUT2D eigenvalue weighted by atomic mass is 10.2. The van der Waals surface area contributed by atoms with Crippen molar-refractivity contribution in [1.29, 1.82) is 0 Å². The quantitative estimate of drug-likeness (QED) is 0.841. The monoisotopic (exact) mass is 250 g/mol. The van der Waals surface area contributed by atoms with Crippen molar-refractivity contribution >= 4 is 11.6 Å². The lowest BCUT2D eigenvalue weighted by molar-refractivity contribution is -0.116. The summed E-state index contributed by atoms with van der Waals surface area (Å²) in [5, 5.41) is 2.83. The molecular weight excluding hydrogens is 228 g/mol. The molecule has 4 heteroatoms. The number of amides is 1. The highest BCUT2D eigenvalue weighted by Crippen LogP contribution is 2.16. The van der Waals surface area contributed by atoms with Gasteiger partial charge >= 0.3 is 0 Å². The van der Waals surface area contributed by atoms with Gasteiger partial charge in [-0.3, -0.25) is 4.79 Å². The molecule has 0 aliphatic rings. The summed E-state index contributed by atoms with van der Waals surface area (Å²) in [4.78, 5) is 13.4. The molecule has 0 aromatic heterocycles. The molecule has 0 saturated carbocycles. The second-order valence-corrected chi connectivity index (χ2v) is 5.02. The Morgan fingerprint density at radius 1 is 1.28 bits per heavy atom. The second-order valence-electron chi connectivity index (χ2n) is 5.02. The molecule has 0 spiro atoms. The first kappa shape index (κ1) is 14.5. The van der Waals surface area contributed by atoms with E-state index in [4.69, 9.17) is 4.74 Å². The maximum atomic E-state index is 11.5. The Morgan fingerprint density at radius 3 is 2.39 bits per heavy atom. The van der Waals surface area contributed by atoms with Gasteiger partial charge in [-0.25, -0.2) is 0 Å². The van der Waals surface area contributed by atoms with E-state index in [0.717, 1.165) is 11.4 Å². The molecule has 100 valence electrons. The van der Waals surface area contributed by atoms with Gasteiger partial charge < -0.3 is 15.0 Å². The van der Waals surface area contributed by atoms with Crippen molar-refractivity contribution in [2.75, 3.05) is 32.6 Å². The third-order valence-electron chi connectivity index (χ3n) is 2.18. The maximum Gasteiger partial charge on any atom is 0.238 e. The standard InChI is InChI=1S/C14H22N2O2/c1-11(2)10-18-13-7-5-12(6-8-13)15-14(17)9-16(3)4/h5-8,11H,9-10H2,1-4H3,(H,15,17). The fourth-order valence-electron chi connectivity index (χ4n) is 1.39. The maximum absolute atomic E-state index is 11.5. The molecule has 1 aromatic carbocycles. The highest BCUT2D eigenvalue weighted by atomic mass is 16.5. The second kappa shape index (κ2) is 7.01. The van der Waals surface area contributed by atoms with Crippen molar-refractivity contribution in [2.45, 2.75) is 13.8 Å². The number of nitrogens with one attached hydrogen (secondary N) is 1. The molecule has 1 rings (SSSR count). The fraction of sp³-hybridized carbons (Fsp3) is 0.500. The van der Waals surface area contributed by atoms with Crippen molar-refractivity contribution < 1.29 is 9.53 Å². The summed E-state index contributed by atoms with van der Waals surface area (Å²) in [5.74, 6) is 1.31. The van der Waals surface area contributed by atoms with Gasteiger partial charge in [0.25, 0.3) is 0 Å². The van der Waals surface area contributed by atoms with Crippen molar-refractivity contribution in [3.05, 3.63) is 24.3 Å². The molecule has 0 fully saturated rings. The number of hydrogen-bond acceptors (Lipinski definition) is 3. The number of benzene rings is 1. The first-order valence-electron chi connectivity index (χ1n) is 6.15. The minimum absolute atomic E-state index is 0.0177. The van der Waals surface area contributed by atoms with Crippen LogP contribution in [-0.2, 0) is 4.79 Å². The highest BCUT2D eigenvalue weighted by molar-refractivity contribution is 5.92. The predicted molar refractivity (Wildman–Crippen MR) is 74.0 cm³/mol. The van der Waals surface area contributed by atoms with E-state index in [0.29, 0.717) is 19.1 Å². The van der Waals surface area contributed by atoms with E-state index in [1.807, 2.05) is 43.3 Å². The van der Waals surface area contributed by atoms with Gasteiger partial charge in [-0.1, -0.05) is 13.8 Å². The number of rotatable bonds is 6. The SMILES string of the molecule is CC(C)COc1ccc(NC(=O)CN(C)C)cc1. The van der Waals surface area contributed by atoms with E-state index in [-0.39, 0.29) is 5.91 Å². The number of carbonyl (C=O) groups excluding carboxylic acids is 1. The van der Waals surface area contributed by atoms with Gasteiger partial charge in [0.05, 0.1) is 13.2 Å². The van der Waals surface area contributed by atoms with E-state index in [1.165, 1.54) is 0 Å². The molecule has 18 heavy (non-hydrogen) atoms. The molecule has 0 bridgehead atoms. The third-order valence-corrected chi connectivity index (χ3v) is 2.18. The normalized spacial score (nSPS) is 10.8. The van der Waals surface area contributed by atoms with Crippen LogP contribution < -0.4 is 10.1 Å². The number of likely N-dealkylation sites (N-methyl/N-ethyl adjacent to an activating group) is 1. The van der Waals surface area contributed by atoms with Gasteiger partial charge in [-0.2, -0.15) is 0 Å². The van der Waals surface area contributed by atoms with Crippen LogP contribution in [0.2, 0.25) is 0 Å². The zero-order valence-electron chi connectivity index (χ0n) is 11.6. The van der Waals surface area contributed by atoms with E-state index in [9.17, 15) is 4.79 Å². The molecule has 0 heterocycles. The van der Waals surface area contributed by atoms with Gasteiger partial charge in [-0.15, -0.1) is 0 Å². The van der Waals surface area contributed by atoms with Crippen LogP contribution in [0.3, 0.4) is 0 Å². The van der Waals surface area contributed by atoms with E-state index < -0.39 is 0 Å². The Morgan fingerprint density at radius 2 is 1.89 bits per heavy atom. The van der Waals surface area contributed by atoms with Crippen LogP contribution in [0.5, 0.6) is 5.75 Å². The van der Waals surface area contributed by atoms with Crippen LogP contribution >= 0.6 is 0 Å². The van der Waals surface area contributed by atoms with Gasteiger partial charge in [0.2, 0.25) is 5.91 Å². The fourth-order valence-corrected chi connectivity index (χ4v) is 1.39. The summed E-state index contributed by atoms with van der Waals surface area (Å²) in [6.07, 6.45) is 0. The van der Waals surface area contributed by atoms with Crippen LogP contribution in [0.4, 0.5) is 5.69 Å². The minimum atomic E-state index is -0.0177. The summed E-state index contributed by atoms with van der Waals surface area (Å²) in [6.45, 7) is 5.30. The molecular formula is C14H22N2O2. The largest absolute Gasteiger partial charge is 0.493 e. The van der Waals surface area contributed by atoms with Gasteiger partial charge in [0.15, 0.2) is 0 Å². The van der Waals surface area contributed by atoms with Crippen LogP contribution in [0.25, 0.3) is 0 Å². The molecule has 0 radical (unpaired) electrons. The predicted octanol–water partition coefficient (Wildman–Crippen LogP) is 2.22. The third kappa shape index (κ3) is 5.68. The lowest BCUT2D eigenvalue weighted by Gasteiger charge is -2.11. The van der Waals surface area contributed by atoms with Crippen molar-refractivity contribution in [3.63, 3.8) is 0 Å². The smallest absolute Gasteiger partial charge is 0.238 e. The summed E-state index contributed by atoms with van der Waals surface area (Å²) in [6, 6.07) is 7.44. The molecule has 0 aliphatic heterocycles. The molecule has 1 aromatic rings. The summed E-state index contributed by atoms with van der Waals surface area (Å²) in [7, 11) is 3.73. The molecule has 0 atom stereocenters. The highest BCUT2D eigenvalue weighted by Gasteiger charge is 2.03. The van der Waals surface area contributed by atoms with Crippen molar-refractivity contribution in [3.8, 4) is 5.75 Å². The topological polar surface area (TPSA) is 41.6 Å². The van der Waals surface area contributed by atoms with Crippen LogP contribution in [-0.4, -0.2) is 38.1 Å². The number of nitrogens with zero attached hydrogens (tertiary/aromatic N) is 1. The summed E-state index contributed by atoms with van der Waals surface area (Å²) < 4.78 is 5.57. The number of ether oxygens (including phenoxy) is 1. The van der Waals surface area contributed by atoms with E-state index in [2.05, 4.69) is 19.2 Å². The number of anilines is 1. The lowest BCUT2D eigenvalue weighted by Crippen LogP contribution is -2.27. The molecule has 1 amide bonds. The number of hydrogen-bond donors (Lipinski definition) is 1. The zero-order valence-corrected chi connectivity index (χ0v) is 11.6. The summed E-state index contributed by atoms with van der Waals surface area (Å²) in [5.41, 5.74) is 0.791. The Balaban J connectivity index is 2.47. The Labute approximate surface area is 109 Å². The molecule has 1 N–H and O–H groups in total. The first-order valence-corrected chi connectivity index (χ1v) is 6.15. The molecule has 0 unspecified atom stereocenters. The van der Waals surface area contributed by atoms with E-state index >= 15 is 0 Å². The zero-order chi connectivity index (χ0) is 13.5. The van der Waals surface area contributed by atoms with Crippen LogP contribution in [0.1, 0.15) is 13.8 Å². The Hall–Kier alpha value is -1.55. The number of carbonyl (C=O) groups is 1. The average Bonchev–Trinajstić information content (AvgIpc) is 2.26. The minimum Gasteiger partial charge on any atom is -0.493 e. The van der Waals surface area contributed by atoms with Gasteiger partial charge in [0.1, 0.15) is 5.75 Å². The van der Waals surface area contributed by atoms with Crippen LogP contribution in [0, 0.1) is 5.92 Å².